The first-order valence-electron chi connectivity index (χ1n) is 10.5. The van der Waals surface area contributed by atoms with Gasteiger partial charge in [-0.05, 0) is 38.5 Å². The zero-order valence-electron chi connectivity index (χ0n) is 18.7. The molecule has 7 heteroatoms. The normalized spacial score (nSPS) is 11.1. The summed E-state index contributed by atoms with van der Waals surface area (Å²) in [4.78, 5) is 25.8. The van der Waals surface area contributed by atoms with E-state index < -0.39 is 11.7 Å². The largest absolute Gasteiger partial charge is 0.444 e. The van der Waals surface area contributed by atoms with E-state index in [0.29, 0.717) is 29.1 Å². The van der Waals surface area contributed by atoms with Crippen LogP contribution < -0.4 is 5.32 Å². The van der Waals surface area contributed by atoms with Gasteiger partial charge in [0, 0.05) is 17.7 Å². The van der Waals surface area contributed by atoms with Crippen molar-refractivity contribution in [2.45, 2.75) is 32.9 Å². The van der Waals surface area contributed by atoms with Crippen LogP contribution in [0.25, 0.3) is 33.7 Å². The summed E-state index contributed by atoms with van der Waals surface area (Å²) in [5.74, 6) is 0. The fourth-order valence-electron chi connectivity index (χ4n) is 3.27. The number of alkyl carbamates (subject to hydrolysis) is 1. The molecule has 0 aliphatic carbocycles. The number of nitrogens with zero attached hydrogens (tertiary/aromatic N) is 4. The van der Waals surface area contributed by atoms with E-state index in [0.717, 1.165) is 22.4 Å². The molecule has 0 aliphatic rings. The number of rotatable bonds is 4. The van der Waals surface area contributed by atoms with Crippen LogP contribution in [-0.2, 0) is 11.3 Å². The van der Waals surface area contributed by atoms with Crippen LogP contribution in [-0.4, -0.2) is 26.6 Å². The number of hydrogen-bond donors (Lipinski definition) is 1. The van der Waals surface area contributed by atoms with Crippen molar-refractivity contribution in [3.05, 3.63) is 78.0 Å². The molecule has 0 radical (unpaired) electrons. The summed E-state index contributed by atoms with van der Waals surface area (Å²) >= 11 is 0. The summed E-state index contributed by atoms with van der Waals surface area (Å²) in [5.41, 5.74) is 4.89. The Morgan fingerprint density at radius 2 is 1.58 bits per heavy atom. The first-order chi connectivity index (χ1) is 15.8. The molecule has 0 spiro atoms. The molecule has 2 heterocycles. The lowest BCUT2D eigenvalue weighted by Gasteiger charge is -2.19. The number of fused-ring (bicyclic) bond motifs is 1. The van der Waals surface area contributed by atoms with E-state index >= 15 is 0 Å². The molecule has 0 atom stereocenters. The van der Waals surface area contributed by atoms with E-state index in [9.17, 15) is 10.1 Å². The number of pyridine rings is 1. The van der Waals surface area contributed by atoms with Gasteiger partial charge in [0.1, 0.15) is 22.9 Å². The Labute approximate surface area is 192 Å². The predicted molar refractivity (Wildman–Crippen MR) is 126 cm³/mol. The third-order valence-electron chi connectivity index (χ3n) is 4.75. The number of carbonyl (C=O) groups excluding carboxylic acids is 1. The Balaban J connectivity index is 1.68. The van der Waals surface area contributed by atoms with Gasteiger partial charge in [-0.2, -0.15) is 5.26 Å². The van der Waals surface area contributed by atoms with Crippen molar-refractivity contribution in [2.24, 2.45) is 0 Å². The molecule has 7 nitrogen and oxygen atoms in total. The topological polar surface area (TPSA) is 101 Å². The number of nitrogens with one attached hydrogen (secondary N) is 1. The van der Waals surface area contributed by atoms with Gasteiger partial charge in [-0.25, -0.2) is 19.7 Å². The van der Waals surface area contributed by atoms with Crippen LogP contribution in [0.3, 0.4) is 0 Å². The molecule has 0 fully saturated rings. The Morgan fingerprint density at radius 1 is 0.909 bits per heavy atom. The maximum absolute atomic E-state index is 11.9. The molecule has 0 bridgehead atoms. The van der Waals surface area contributed by atoms with Gasteiger partial charge in [0.15, 0.2) is 5.65 Å². The Hall–Kier alpha value is -4.31. The van der Waals surface area contributed by atoms with Gasteiger partial charge in [-0.15, -0.1) is 0 Å². The lowest BCUT2D eigenvalue weighted by atomic mass is 10.0. The third kappa shape index (κ3) is 5.31. The molecule has 0 saturated carbocycles. The Morgan fingerprint density at radius 3 is 2.24 bits per heavy atom. The number of benzene rings is 2. The van der Waals surface area contributed by atoms with Crippen molar-refractivity contribution in [3.63, 3.8) is 0 Å². The SMILES string of the molecule is CC(C)(C)OC(=O)NCc1ccc(-c2nc3nc(C#N)ccc3nc2-c2ccccc2)cc1. The van der Waals surface area contributed by atoms with Crippen molar-refractivity contribution < 1.29 is 9.53 Å². The van der Waals surface area contributed by atoms with E-state index in [1.807, 2.05) is 81.4 Å². The number of aromatic nitrogens is 3. The maximum atomic E-state index is 11.9. The van der Waals surface area contributed by atoms with Crippen molar-refractivity contribution in [1.29, 1.82) is 5.26 Å². The molecule has 1 N–H and O–H groups in total. The minimum atomic E-state index is -0.546. The monoisotopic (exact) mass is 437 g/mol. The van der Waals surface area contributed by atoms with Crippen molar-refractivity contribution in [3.8, 4) is 28.6 Å². The van der Waals surface area contributed by atoms with Gasteiger partial charge in [0.2, 0.25) is 0 Å². The number of ether oxygens (including phenoxy) is 1. The molecule has 2 aromatic heterocycles. The van der Waals surface area contributed by atoms with Crippen LogP contribution in [0.5, 0.6) is 0 Å². The lowest BCUT2D eigenvalue weighted by Crippen LogP contribution is -2.32. The molecule has 164 valence electrons. The number of carbonyl (C=O) groups is 1. The first kappa shape index (κ1) is 21.9. The molecule has 2 aromatic carbocycles. The summed E-state index contributed by atoms with van der Waals surface area (Å²) in [7, 11) is 0. The van der Waals surface area contributed by atoms with Gasteiger partial charge in [-0.1, -0.05) is 54.6 Å². The zero-order chi connectivity index (χ0) is 23.4. The average molecular weight is 438 g/mol. The van der Waals surface area contributed by atoms with Crippen LogP contribution in [0.2, 0.25) is 0 Å². The van der Waals surface area contributed by atoms with E-state index in [1.165, 1.54) is 0 Å². The highest BCUT2D eigenvalue weighted by Gasteiger charge is 2.16. The standard InChI is InChI=1S/C26H23N5O2/c1-26(2,3)33-25(32)28-16-17-9-11-19(12-10-17)23-22(18-7-5-4-6-8-18)30-21-14-13-20(15-27)29-24(21)31-23/h4-14H,16H2,1-3H3,(H,28,32). The second kappa shape index (κ2) is 9.05. The second-order valence-corrected chi connectivity index (χ2v) is 8.49. The van der Waals surface area contributed by atoms with Crippen molar-refractivity contribution in [1.82, 2.24) is 20.3 Å². The molecule has 0 aliphatic heterocycles. The molecule has 33 heavy (non-hydrogen) atoms. The number of nitriles is 1. The quantitative estimate of drug-likeness (QED) is 0.468. The van der Waals surface area contributed by atoms with Gasteiger partial charge < -0.3 is 10.1 Å². The maximum Gasteiger partial charge on any atom is 0.407 e. The number of amides is 1. The van der Waals surface area contributed by atoms with E-state index in [1.54, 1.807) is 12.1 Å². The molecular formula is C26H23N5O2. The van der Waals surface area contributed by atoms with E-state index in [4.69, 9.17) is 14.7 Å². The fourth-order valence-corrected chi connectivity index (χ4v) is 3.27. The van der Waals surface area contributed by atoms with E-state index in [-0.39, 0.29) is 0 Å². The van der Waals surface area contributed by atoms with Gasteiger partial charge in [0.25, 0.3) is 0 Å². The number of hydrogen-bond acceptors (Lipinski definition) is 6. The van der Waals surface area contributed by atoms with Crippen LogP contribution in [0.1, 0.15) is 32.0 Å². The van der Waals surface area contributed by atoms with Gasteiger partial charge in [-0.3, -0.25) is 0 Å². The molecule has 0 saturated heterocycles. The second-order valence-electron chi connectivity index (χ2n) is 8.49. The Kier molecular flexibility index (Phi) is 6.01. The van der Waals surface area contributed by atoms with Crippen LogP contribution in [0, 0.1) is 11.3 Å². The van der Waals surface area contributed by atoms with Gasteiger partial charge >= 0.3 is 6.09 Å². The molecule has 1 amide bonds. The van der Waals surface area contributed by atoms with E-state index in [2.05, 4.69) is 10.3 Å². The summed E-state index contributed by atoms with van der Waals surface area (Å²) in [6, 6.07) is 23.0. The summed E-state index contributed by atoms with van der Waals surface area (Å²) in [6.07, 6.45) is -0.460. The summed E-state index contributed by atoms with van der Waals surface area (Å²) < 4.78 is 5.28. The minimum absolute atomic E-state index is 0.291. The van der Waals surface area contributed by atoms with Crippen molar-refractivity contribution >= 4 is 17.3 Å². The van der Waals surface area contributed by atoms with Crippen LogP contribution in [0.4, 0.5) is 4.79 Å². The molecule has 4 rings (SSSR count). The summed E-state index contributed by atoms with van der Waals surface area (Å²) in [6.45, 7) is 5.82. The smallest absolute Gasteiger partial charge is 0.407 e. The van der Waals surface area contributed by atoms with Crippen LogP contribution in [0.15, 0.2) is 66.7 Å². The lowest BCUT2D eigenvalue weighted by molar-refractivity contribution is 0.0523. The van der Waals surface area contributed by atoms with Gasteiger partial charge in [0.05, 0.1) is 11.4 Å². The fraction of sp³-hybridized carbons (Fsp3) is 0.192. The van der Waals surface area contributed by atoms with Crippen molar-refractivity contribution in [2.75, 3.05) is 0 Å². The molecular weight excluding hydrogens is 414 g/mol. The molecule has 4 aromatic rings. The highest BCUT2D eigenvalue weighted by atomic mass is 16.6. The zero-order valence-corrected chi connectivity index (χ0v) is 18.7. The predicted octanol–water partition coefficient (Wildman–Crippen LogP) is 5.26. The molecule has 0 unspecified atom stereocenters. The first-order valence-corrected chi connectivity index (χ1v) is 10.5. The van der Waals surface area contributed by atoms with Crippen LogP contribution >= 0.6 is 0 Å². The average Bonchev–Trinajstić information content (AvgIpc) is 2.81. The Bertz CT molecular complexity index is 1340. The highest BCUT2D eigenvalue weighted by Crippen LogP contribution is 2.30. The minimum Gasteiger partial charge on any atom is -0.444 e. The summed E-state index contributed by atoms with van der Waals surface area (Å²) in [5, 5.41) is 12.0. The highest BCUT2D eigenvalue weighted by molar-refractivity contribution is 5.84. The third-order valence-corrected chi connectivity index (χ3v) is 4.75.